The molecule has 2 rings (SSSR count). The van der Waals surface area contributed by atoms with E-state index in [9.17, 15) is 19.7 Å². The van der Waals surface area contributed by atoms with E-state index >= 15 is 0 Å². The minimum absolute atomic E-state index is 0. The zero-order chi connectivity index (χ0) is 20.0. The van der Waals surface area contributed by atoms with Gasteiger partial charge in [-0.15, -0.1) is 12.4 Å². The van der Waals surface area contributed by atoms with Gasteiger partial charge in [0.2, 0.25) is 5.91 Å². The van der Waals surface area contributed by atoms with Crippen LogP contribution in [0, 0.1) is 22.0 Å². The fraction of sp³-hybridized carbons (Fsp3) is 0.556. The van der Waals surface area contributed by atoms with Gasteiger partial charge in [-0.2, -0.15) is 0 Å². The van der Waals surface area contributed by atoms with Crippen molar-refractivity contribution in [2.24, 2.45) is 11.8 Å². The van der Waals surface area contributed by atoms with E-state index in [1.807, 2.05) is 13.8 Å². The maximum atomic E-state index is 12.5. The van der Waals surface area contributed by atoms with Gasteiger partial charge in [-0.1, -0.05) is 25.4 Å². The maximum absolute atomic E-state index is 12.5. The molecule has 1 aliphatic heterocycles. The van der Waals surface area contributed by atoms with Crippen LogP contribution < -0.4 is 16.0 Å². The second-order valence-corrected chi connectivity index (χ2v) is 7.46. The van der Waals surface area contributed by atoms with E-state index < -0.39 is 16.9 Å². The van der Waals surface area contributed by atoms with Gasteiger partial charge in [0.25, 0.3) is 11.6 Å². The highest BCUT2D eigenvalue weighted by Crippen LogP contribution is 2.22. The molecule has 0 spiro atoms. The van der Waals surface area contributed by atoms with Crippen LogP contribution in [0.1, 0.15) is 37.0 Å². The Bertz CT molecular complexity index is 709. The van der Waals surface area contributed by atoms with E-state index in [2.05, 4.69) is 16.0 Å². The number of amides is 2. The van der Waals surface area contributed by atoms with E-state index in [-0.39, 0.29) is 40.5 Å². The lowest BCUT2D eigenvalue weighted by Crippen LogP contribution is -2.50. The Kier molecular flexibility index (Phi) is 9.64. The molecule has 2 amide bonds. The Hall–Kier alpha value is -1.90. The lowest BCUT2D eigenvalue weighted by Gasteiger charge is -2.22. The summed E-state index contributed by atoms with van der Waals surface area (Å²) >= 11 is 6.00. The van der Waals surface area contributed by atoms with Crippen molar-refractivity contribution >= 4 is 41.5 Å². The van der Waals surface area contributed by atoms with Gasteiger partial charge >= 0.3 is 0 Å². The molecule has 10 heteroatoms. The monoisotopic (exact) mass is 432 g/mol. The Balaban J connectivity index is 0.00000392. The smallest absolute Gasteiger partial charge is 0.270 e. The molecule has 1 aromatic rings. The van der Waals surface area contributed by atoms with Crippen molar-refractivity contribution < 1.29 is 14.5 Å². The lowest BCUT2D eigenvalue weighted by molar-refractivity contribution is -0.384. The van der Waals surface area contributed by atoms with Gasteiger partial charge in [0.15, 0.2) is 0 Å². The molecular formula is C18H26Cl2N4O4. The van der Waals surface area contributed by atoms with Crippen LogP contribution in [0.3, 0.4) is 0 Å². The van der Waals surface area contributed by atoms with Crippen LogP contribution in [-0.2, 0) is 4.79 Å². The van der Waals surface area contributed by atoms with Gasteiger partial charge in [0.1, 0.15) is 6.04 Å². The zero-order valence-corrected chi connectivity index (χ0v) is 17.4. The first-order valence-corrected chi connectivity index (χ1v) is 9.40. The van der Waals surface area contributed by atoms with E-state index in [0.717, 1.165) is 32.0 Å². The lowest BCUT2D eigenvalue weighted by atomic mass is 10.0. The molecule has 1 aliphatic rings. The molecule has 28 heavy (non-hydrogen) atoms. The van der Waals surface area contributed by atoms with Gasteiger partial charge in [-0.3, -0.25) is 19.7 Å². The molecule has 0 aliphatic carbocycles. The van der Waals surface area contributed by atoms with E-state index in [0.29, 0.717) is 12.5 Å². The number of nitrogens with one attached hydrogen (secondary N) is 3. The standard InChI is InChI=1S/C18H25ClN4O4.ClH/c1-11(2)16(18(25)21-8-6-12-5-7-20-10-12)22-17(24)14-4-3-13(23(26)27)9-15(14)19;/h3-4,9,11-12,16,20H,5-8,10H2,1-2H3,(H,21,25)(H,22,24);1H. The molecule has 0 aromatic heterocycles. The molecule has 0 saturated carbocycles. The molecular weight excluding hydrogens is 407 g/mol. The molecule has 1 saturated heterocycles. The number of nitrogens with zero attached hydrogens (tertiary/aromatic N) is 1. The predicted octanol–water partition coefficient (Wildman–Crippen LogP) is 2.54. The molecule has 0 radical (unpaired) electrons. The second-order valence-electron chi connectivity index (χ2n) is 7.05. The number of nitro groups is 1. The molecule has 1 aromatic carbocycles. The topological polar surface area (TPSA) is 113 Å². The summed E-state index contributed by atoms with van der Waals surface area (Å²) in [6.45, 7) is 6.21. The van der Waals surface area contributed by atoms with Crippen molar-refractivity contribution in [3.63, 3.8) is 0 Å². The quantitative estimate of drug-likeness (QED) is 0.431. The number of carbonyl (C=O) groups excluding carboxylic acids is 2. The summed E-state index contributed by atoms with van der Waals surface area (Å²) in [6, 6.07) is 2.90. The number of nitro benzene ring substituents is 1. The van der Waals surface area contributed by atoms with Crippen molar-refractivity contribution in [1.29, 1.82) is 0 Å². The minimum Gasteiger partial charge on any atom is -0.354 e. The fourth-order valence-corrected chi connectivity index (χ4v) is 3.29. The number of hydrogen-bond acceptors (Lipinski definition) is 5. The van der Waals surface area contributed by atoms with E-state index in [1.54, 1.807) is 0 Å². The van der Waals surface area contributed by atoms with Crippen LogP contribution in [0.4, 0.5) is 5.69 Å². The molecule has 1 fully saturated rings. The average molecular weight is 433 g/mol. The number of benzene rings is 1. The van der Waals surface area contributed by atoms with E-state index in [4.69, 9.17) is 11.6 Å². The highest BCUT2D eigenvalue weighted by atomic mass is 35.5. The average Bonchev–Trinajstić information content (AvgIpc) is 3.12. The molecule has 2 atom stereocenters. The van der Waals surface area contributed by atoms with Crippen molar-refractivity contribution in [3.8, 4) is 0 Å². The molecule has 1 heterocycles. The summed E-state index contributed by atoms with van der Waals surface area (Å²) < 4.78 is 0. The summed E-state index contributed by atoms with van der Waals surface area (Å²) in [4.78, 5) is 35.2. The number of hydrogen-bond donors (Lipinski definition) is 3. The van der Waals surface area contributed by atoms with Crippen LogP contribution in [0.15, 0.2) is 18.2 Å². The van der Waals surface area contributed by atoms with Gasteiger partial charge in [-0.05, 0) is 43.8 Å². The SMILES string of the molecule is CC(C)C(NC(=O)c1ccc([N+](=O)[O-])cc1Cl)C(=O)NCCC1CCNC1.Cl. The molecule has 0 bridgehead atoms. The molecule has 2 unspecified atom stereocenters. The first kappa shape index (κ1) is 24.1. The Labute approximate surface area is 175 Å². The molecule has 3 N–H and O–H groups in total. The van der Waals surface area contributed by atoms with Crippen molar-refractivity contribution in [3.05, 3.63) is 38.9 Å². The zero-order valence-electron chi connectivity index (χ0n) is 15.9. The normalized spacial score (nSPS) is 16.9. The Morgan fingerprint density at radius 1 is 1.39 bits per heavy atom. The van der Waals surface area contributed by atoms with Gasteiger partial charge in [0.05, 0.1) is 15.5 Å². The Morgan fingerprint density at radius 3 is 2.64 bits per heavy atom. The number of carbonyl (C=O) groups is 2. The number of halogens is 2. The predicted molar refractivity (Wildman–Crippen MR) is 110 cm³/mol. The first-order valence-electron chi connectivity index (χ1n) is 9.02. The van der Waals surface area contributed by atoms with Gasteiger partial charge in [0, 0.05) is 18.7 Å². The third-order valence-corrected chi connectivity index (χ3v) is 4.97. The summed E-state index contributed by atoms with van der Waals surface area (Å²) in [5.41, 5.74) is -0.103. The van der Waals surface area contributed by atoms with Gasteiger partial charge in [-0.25, -0.2) is 0 Å². The van der Waals surface area contributed by atoms with Crippen molar-refractivity contribution in [1.82, 2.24) is 16.0 Å². The minimum atomic E-state index is -0.717. The van der Waals surface area contributed by atoms with Crippen molar-refractivity contribution in [2.75, 3.05) is 19.6 Å². The summed E-state index contributed by atoms with van der Waals surface area (Å²) in [6.07, 6.45) is 2.00. The molecule has 156 valence electrons. The first-order chi connectivity index (χ1) is 12.8. The third kappa shape index (κ3) is 6.61. The number of rotatable bonds is 8. The van der Waals surface area contributed by atoms with E-state index in [1.165, 1.54) is 12.1 Å². The van der Waals surface area contributed by atoms with Crippen LogP contribution >= 0.6 is 24.0 Å². The second kappa shape index (κ2) is 11.2. The third-order valence-electron chi connectivity index (χ3n) is 4.66. The summed E-state index contributed by atoms with van der Waals surface area (Å²) in [7, 11) is 0. The largest absolute Gasteiger partial charge is 0.354 e. The highest BCUT2D eigenvalue weighted by molar-refractivity contribution is 6.34. The van der Waals surface area contributed by atoms with Gasteiger partial charge < -0.3 is 16.0 Å². The van der Waals surface area contributed by atoms with Crippen molar-refractivity contribution in [2.45, 2.75) is 32.7 Å². The Morgan fingerprint density at radius 2 is 2.11 bits per heavy atom. The maximum Gasteiger partial charge on any atom is 0.270 e. The summed E-state index contributed by atoms with van der Waals surface area (Å²) in [5, 5.41) is 19.6. The van der Waals surface area contributed by atoms with Crippen LogP contribution in [-0.4, -0.2) is 42.4 Å². The van der Waals surface area contributed by atoms with Crippen LogP contribution in [0.2, 0.25) is 5.02 Å². The highest BCUT2D eigenvalue weighted by Gasteiger charge is 2.26. The van der Waals surface area contributed by atoms with Crippen LogP contribution in [0.25, 0.3) is 0 Å². The number of non-ortho nitro benzene ring substituents is 1. The summed E-state index contributed by atoms with van der Waals surface area (Å²) in [5.74, 6) is -0.346. The van der Waals surface area contributed by atoms with Crippen LogP contribution in [0.5, 0.6) is 0 Å². The molecule has 8 nitrogen and oxygen atoms in total. The fourth-order valence-electron chi connectivity index (χ4n) is 3.03.